The summed E-state index contributed by atoms with van der Waals surface area (Å²) in [6.07, 6.45) is 1.75. The number of carbonyl (C=O) groups excluding carboxylic acids is 1. The second kappa shape index (κ2) is 6.52. The molecule has 0 bridgehead atoms. The Kier molecular flexibility index (Phi) is 4.74. The maximum Gasteiger partial charge on any atom is 0.305 e. The molecule has 2 N–H and O–H groups in total. The topological polar surface area (TPSA) is 69.6 Å². The minimum absolute atomic E-state index is 0.0346. The van der Waals surface area contributed by atoms with Crippen LogP contribution in [0.5, 0.6) is 0 Å². The number of benzene rings is 1. The van der Waals surface area contributed by atoms with Crippen molar-refractivity contribution in [1.82, 2.24) is 5.32 Å². The van der Waals surface area contributed by atoms with E-state index in [4.69, 9.17) is 5.11 Å². The summed E-state index contributed by atoms with van der Waals surface area (Å²) in [6.45, 7) is 3.03. The van der Waals surface area contributed by atoms with Crippen LogP contribution in [0.3, 0.4) is 0 Å². The zero-order chi connectivity index (χ0) is 14.5. The number of nitrogens with one attached hydrogen (secondary N) is 1. The molecule has 108 valence electrons. The lowest BCUT2D eigenvalue weighted by Gasteiger charge is -2.25. The minimum atomic E-state index is -0.894. The average Bonchev–Trinajstić information content (AvgIpc) is 2.94. The highest BCUT2D eigenvalue weighted by Gasteiger charge is 2.27. The first-order valence-corrected chi connectivity index (χ1v) is 6.91. The van der Waals surface area contributed by atoms with E-state index in [1.54, 1.807) is 4.90 Å². The molecular weight excluding hydrogens is 256 g/mol. The third-order valence-electron chi connectivity index (χ3n) is 3.52. The van der Waals surface area contributed by atoms with Gasteiger partial charge in [-0.25, -0.2) is 0 Å². The van der Waals surface area contributed by atoms with Crippen LogP contribution in [0.4, 0.5) is 5.69 Å². The van der Waals surface area contributed by atoms with Crippen LogP contribution in [0.25, 0.3) is 0 Å². The summed E-state index contributed by atoms with van der Waals surface area (Å²) in [5.41, 5.74) is 1.87. The summed E-state index contributed by atoms with van der Waals surface area (Å²) in [4.78, 5) is 24.9. The highest BCUT2D eigenvalue weighted by atomic mass is 16.4. The summed E-state index contributed by atoms with van der Waals surface area (Å²) in [5, 5.41) is 12.0. The second-order valence-corrected chi connectivity index (χ2v) is 5.12. The van der Waals surface area contributed by atoms with Gasteiger partial charge >= 0.3 is 5.97 Å². The first-order chi connectivity index (χ1) is 9.58. The third-order valence-corrected chi connectivity index (χ3v) is 3.52. The molecule has 0 spiro atoms. The molecule has 1 heterocycles. The van der Waals surface area contributed by atoms with Gasteiger partial charge in [0.25, 0.3) is 0 Å². The van der Waals surface area contributed by atoms with E-state index < -0.39 is 5.97 Å². The lowest BCUT2D eigenvalue weighted by Crippen LogP contribution is -2.44. The van der Waals surface area contributed by atoms with Crippen molar-refractivity contribution in [2.24, 2.45) is 0 Å². The van der Waals surface area contributed by atoms with Gasteiger partial charge in [0.1, 0.15) is 0 Å². The normalized spacial score (nSPS) is 17.9. The lowest BCUT2D eigenvalue weighted by molar-refractivity contribution is -0.136. The minimum Gasteiger partial charge on any atom is -0.481 e. The number of amides is 1. The van der Waals surface area contributed by atoms with Crippen LogP contribution >= 0.6 is 0 Å². The van der Waals surface area contributed by atoms with E-state index in [2.05, 4.69) is 5.32 Å². The fourth-order valence-electron chi connectivity index (χ4n) is 2.38. The monoisotopic (exact) mass is 276 g/mol. The summed E-state index contributed by atoms with van der Waals surface area (Å²) < 4.78 is 0. The molecule has 0 aromatic heterocycles. The van der Waals surface area contributed by atoms with E-state index in [1.807, 2.05) is 31.2 Å². The van der Waals surface area contributed by atoms with E-state index in [0.29, 0.717) is 0 Å². The number of aliphatic carboxylic acids is 1. The smallest absolute Gasteiger partial charge is 0.305 e. The van der Waals surface area contributed by atoms with Gasteiger partial charge in [0.2, 0.25) is 5.91 Å². The van der Waals surface area contributed by atoms with Gasteiger partial charge in [-0.05, 0) is 38.4 Å². The Balaban J connectivity index is 2.16. The molecule has 0 radical (unpaired) electrons. The number of aryl methyl sites for hydroxylation is 1. The van der Waals surface area contributed by atoms with Crippen LogP contribution in [-0.2, 0) is 9.59 Å². The Morgan fingerprint density at radius 2 is 2.05 bits per heavy atom. The molecule has 1 aliphatic rings. The molecule has 1 aromatic rings. The van der Waals surface area contributed by atoms with Gasteiger partial charge in [-0.1, -0.05) is 17.7 Å². The van der Waals surface area contributed by atoms with Crippen LogP contribution in [0.1, 0.15) is 24.8 Å². The van der Waals surface area contributed by atoms with Crippen LogP contribution in [0.2, 0.25) is 0 Å². The molecular formula is C15H20N2O3. The van der Waals surface area contributed by atoms with Crippen molar-refractivity contribution >= 4 is 17.6 Å². The molecule has 1 fully saturated rings. The van der Waals surface area contributed by atoms with Gasteiger partial charge in [0.05, 0.1) is 12.5 Å². The number of nitrogens with zero attached hydrogens (tertiary/aromatic N) is 1. The van der Waals surface area contributed by atoms with Crippen LogP contribution in [0.15, 0.2) is 24.3 Å². The quantitative estimate of drug-likeness (QED) is 0.856. The van der Waals surface area contributed by atoms with Crippen LogP contribution < -0.4 is 10.2 Å². The van der Waals surface area contributed by atoms with Crippen molar-refractivity contribution in [2.75, 3.05) is 18.0 Å². The molecule has 1 aliphatic heterocycles. The highest BCUT2D eigenvalue weighted by Crippen LogP contribution is 2.19. The first kappa shape index (κ1) is 14.5. The van der Waals surface area contributed by atoms with Gasteiger partial charge in [-0.3, -0.25) is 9.59 Å². The van der Waals surface area contributed by atoms with Crippen LogP contribution in [-0.4, -0.2) is 36.1 Å². The zero-order valence-electron chi connectivity index (χ0n) is 11.6. The Labute approximate surface area is 118 Å². The molecule has 1 amide bonds. The Hall–Kier alpha value is -1.88. The first-order valence-electron chi connectivity index (χ1n) is 6.91. The Morgan fingerprint density at radius 1 is 1.35 bits per heavy atom. The number of carboxylic acid groups (broad SMARTS) is 1. The average molecular weight is 276 g/mol. The van der Waals surface area contributed by atoms with Crippen molar-refractivity contribution in [1.29, 1.82) is 0 Å². The number of carbonyl (C=O) groups is 2. The maximum absolute atomic E-state index is 12.5. The maximum atomic E-state index is 12.5. The second-order valence-electron chi connectivity index (χ2n) is 5.12. The van der Waals surface area contributed by atoms with E-state index in [1.165, 1.54) is 0 Å². The number of anilines is 1. The molecule has 1 aromatic carbocycles. The molecule has 0 saturated carbocycles. The molecule has 20 heavy (non-hydrogen) atoms. The molecule has 0 unspecified atom stereocenters. The van der Waals surface area contributed by atoms with E-state index in [0.717, 1.165) is 30.6 Å². The Morgan fingerprint density at radius 3 is 2.60 bits per heavy atom. The van der Waals surface area contributed by atoms with Gasteiger partial charge in [0.15, 0.2) is 0 Å². The van der Waals surface area contributed by atoms with Crippen molar-refractivity contribution in [3.63, 3.8) is 0 Å². The molecule has 1 saturated heterocycles. The number of hydrogen-bond acceptors (Lipinski definition) is 3. The van der Waals surface area contributed by atoms with Gasteiger partial charge in [0, 0.05) is 12.2 Å². The van der Waals surface area contributed by atoms with Crippen LogP contribution in [0, 0.1) is 6.92 Å². The highest BCUT2D eigenvalue weighted by molar-refractivity contribution is 5.97. The van der Waals surface area contributed by atoms with Crippen molar-refractivity contribution in [3.05, 3.63) is 29.8 Å². The van der Waals surface area contributed by atoms with Crippen molar-refractivity contribution in [2.45, 2.75) is 32.2 Å². The fourth-order valence-corrected chi connectivity index (χ4v) is 2.38. The van der Waals surface area contributed by atoms with E-state index in [9.17, 15) is 9.59 Å². The number of carboxylic acids is 1. The summed E-state index contributed by atoms with van der Waals surface area (Å²) in [7, 11) is 0. The van der Waals surface area contributed by atoms with Gasteiger partial charge < -0.3 is 15.3 Å². The summed E-state index contributed by atoms with van der Waals surface area (Å²) in [6, 6.07) is 7.40. The van der Waals surface area contributed by atoms with E-state index in [-0.39, 0.29) is 24.9 Å². The molecule has 5 nitrogen and oxygen atoms in total. The van der Waals surface area contributed by atoms with Crippen molar-refractivity contribution < 1.29 is 14.7 Å². The largest absolute Gasteiger partial charge is 0.481 e. The predicted octanol–water partition coefficient (Wildman–Crippen LogP) is 1.55. The van der Waals surface area contributed by atoms with Gasteiger partial charge in [-0.15, -0.1) is 0 Å². The summed E-state index contributed by atoms with van der Waals surface area (Å²) in [5.74, 6) is -0.929. The zero-order valence-corrected chi connectivity index (χ0v) is 11.6. The molecule has 0 aliphatic carbocycles. The Bertz CT molecular complexity index is 478. The van der Waals surface area contributed by atoms with Crippen molar-refractivity contribution in [3.8, 4) is 0 Å². The fraction of sp³-hybridized carbons (Fsp3) is 0.467. The molecule has 2 rings (SSSR count). The number of hydrogen-bond donors (Lipinski definition) is 2. The summed E-state index contributed by atoms with van der Waals surface area (Å²) >= 11 is 0. The lowest BCUT2D eigenvalue weighted by atomic mass is 10.1. The standard InChI is InChI=1S/C15H20N2O3/c1-11-4-6-12(7-5-11)17(10-8-14(18)19)15(20)13-3-2-9-16-13/h4-7,13,16H,2-3,8-10H2,1H3,(H,18,19)/t13-/m0/s1. The SMILES string of the molecule is Cc1ccc(N(CCC(=O)O)C(=O)[C@@H]2CCCN2)cc1. The predicted molar refractivity (Wildman–Crippen MR) is 76.8 cm³/mol. The third kappa shape index (κ3) is 3.57. The number of rotatable bonds is 5. The van der Waals surface area contributed by atoms with E-state index >= 15 is 0 Å². The molecule has 1 atom stereocenters. The van der Waals surface area contributed by atoms with Gasteiger partial charge in [-0.2, -0.15) is 0 Å². The molecule has 5 heteroatoms.